The van der Waals surface area contributed by atoms with E-state index in [2.05, 4.69) is 5.32 Å². The van der Waals surface area contributed by atoms with Crippen LogP contribution in [0.25, 0.3) is 0 Å². The van der Waals surface area contributed by atoms with Gasteiger partial charge in [0.1, 0.15) is 5.75 Å². The molecule has 0 aliphatic heterocycles. The number of anilines is 1. The van der Waals surface area contributed by atoms with Crippen LogP contribution in [0.2, 0.25) is 0 Å². The van der Waals surface area contributed by atoms with Gasteiger partial charge in [-0.1, -0.05) is 6.42 Å². The molecule has 0 saturated heterocycles. The van der Waals surface area contributed by atoms with Crippen molar-refractivity contribution in [3.05, 3.63) is 24.3 Å². The number of urea groups is 1. The zero-order valence-corrected chi connectivity index (χ0v) is 12.8. The number of nitrogens with two attached hydrogens (primary N) is 1. The SMILES string of the molecule is CCN(C(=O)Nc1ccc(OC)cc1)C1CCCC1CN. The van der Waals surface area contributed by atoms with Crippen LogP contribution in [0.5, 0.6) is 5.75 Å². The van der Waals surface area contributed by atoms with Crippen LogP contribution in [-0.4, -0.2) is 37.2 Å². The van der Waals surface area contributed by atoms with Gasteiger partial charge >= 0.3 is 6.03 Å². The molecule has 21 heavy (non-hydrogen) atoms. The molecule has 2 amide bonds. The number of carbonyl (C=O) groups is 1. The third-order valence-electron chi connectivity index (χ3n) is 4.26. The number of methoxy groups -OCH3 is 1. The second-order valence-corrected chi connectivity index (χ2v) is 5.44. The second-order valence-electron chi connectivity index (χ2n) is 5.44. The highest BCUT2D eigenvalue weighted by atomic mass is 16.5. The van der Waals surface area contributed by atoms with Crippen LogP contribution in [0.15, 0.2) is 24.3 Å². The summed E-state index contributed by atoms with van der Waals surface area (Å²) in [6.07, 6.45) is 3.32. The highest BCUT2D eigenvalue weighted by Gasteiger charge is 2.33. The van der Waals surface area contributed by atoms with Crippen LogP contribution in [0.4, 0.5) is 10.5 Å². The predicted molar refractivity (Wildman–Crippen MR) is 84.6 cm³/mol. The number of benzene rings is 1. The van der Waals surface area contributed by atoms with Gasteiger partial charge in [-0.25, -0.2) is 4.79 Å². The van der Waals surface area contributed by atoms with E-state index in [0.717, 1.165) is 30.7 Å². The van der Waals surface area contributed by atoms with Crippen molar-refractivity contribution in [1.29, 1.82) is 0 Å². The summed E-state index contributed by atoms with van der Waals surface area (Å²) >= 11 is 0. The average Bonchev–Trinajstić information content (AvgIpc) is 2.97. The fraction of sp³-hybridized carbons (Fsp3) is 0.562. The van der Waals surface area contributed by atoms with Crippen molar-refractivity contribution in [2.24, 2.45) is 11.7 Å². The minimum absolute atomic E-state index is 0.0481. The largest absolute Gasteiger partial charge is 0.497 e. The average molecular weight is 291 g/mol. The molecule has 1 aliphatic rings. The van der Waals surface area contributed by atoms with Crippen LogP contribution < -0.4 is 15.8 Å². The Balaban J connectivity index is 2.02. The highest BCUT2D eigenvalue weighted by molar-refractivity contribution is 5.89. The van der Waals surface area contributed by atoms with Gasteiger partial charge in [0.15, 0.2) is 0 Å². The molecule has 0 aromatic heterocycles. The number of rotatable bonds is 5. The topological polar surface area (TPSA) is 67.6 Å². The summed E-state index contributed by atoms with van der Waals surface area (Å²) in [6, 6.07) is 7.58. The lowest BCUT2D eigenvalue weighted by molar-refractivity contribution is 0.175. The fourth-order valence-electron chi connectivity index (χ4n) is 3.10. The maximum Gasteiger partial charge on any atom is 0.322 e. The number of nitrogens with zero attached hydrogens (tertiary/aromatic N) is 1. The third kappa shape index (κ3) is 3.67. The summed E-state index contributed by atoms with van der Waals surface area (Å²) < 4.78 is 5.12. The Labute approximate surface area is 126 Å². The summed E-state index contributed by atoms with van der Waals surface area (Å²) in [7, 11) is 1.62. The third-order valence-corrected chi connectivity index (χ3v) is 4.26. The summed E-state index contributed by atoms with van der Waals surface area (Å²) in [5.74, 6) is 1.20. The normalized spacial score (nSPS) is 21.1. The number of amides is 2. The van der Waals surface area contributed by atoms with Gasteiger partial charge < -0.3 is 20.7 Å². The van der Waals surface area contributed by atoms with E-state index in [1.54, 1.807) is 7.11 Å². The minimum Gasteiger partial charge on any atom is -0.497 e. The molecule has 1 aliphatic carbocycles. The molecular weight excluding hydrogens is 266 g/mol. The first kappa shape index (κ1) is 15.6. The molecule has 2 atom stereocenters. The Morgan fingerprint density at radius 1 is 1.38 bits per heavy atom. The smallest absolute Gasteiger partial charge is 0.322 e. The molecule has 3 N–H and O–H groups in total. The van der Waals surface area contributed by atoms with Gasteiger partial charge in [-0.15, -0.1) is 0 Å². The molecule has 1 aromatic rings. The maximum atomic E-state index is 12.5. The first-order valence-electron chi connectivity index (χ1n) is 7.61. The van der Waals surface area contributed by atoms with Crippen LogP contribution in [0.3, 0.4) is 0 Å². The van der Waals surface area contributed by atoms with Gasteiger partial charge in [-0.05, 0) is 56.5 Å². The fourth-order valence-corrected chi connectivity index (χ4v) is 3.10. The van der Waals surface area contributed by atoms with E-state index in [0.29, 0.717) is 19.0 Å². The number of hydrogen-bond donors (Lipinski definition) is 2. The quantitative estimate of drug-likeness (QED) is 0.876. The number of nitrogens with one attached hydrogen (secondary N) is 1. The van der Waals surface area contributed by atoms with Crippen molar-refractivity contribution in [2.45, 2.75) is 32.2 Å². The molecule has 1 aromatic carbocycles. The molecule has 5 nitrogen and oxygen atoms in total. The van der Waals surface area contributed by atoms with E-state index in [1.165, 1.54) is 0 Å². The molecule has 5 heteroatoms. The molecule has 2 rings (SSSR count). The lowest BCUT2D eigenvalue weighted by atomic mass is 10.0. The lowest BCUT2D eigenvalue weighted by Crippen LogP contribution is -2.46. The molecule has 0 spiro atoms. The van der Waals surface area contributed by atoms with Crippen molar-refractivity contribution >= 4 is 11.7 Å². The van der Waals surface area contributed by atoms with Crippen LogP contribution in [-0.2, 0) is 0 Å². The van der Waals surface area contributed by atoms with Gasteiger partial charge in [0.05, 0.1) is 7.11 Å². The summed E-state index contributed by atoms with van der Waals surface area (Å²) in [4.78, 5) is 14.4. The van der Waals surface area contributed by atoms with Crippen molar-refractivity contribution in [3.8, 4) is 5.75 Å². The van der Waals surface area contributed by atoms with Crippen molar-refractivity contribution in [3.63, 3.8) is 0 Å². The van der Waals surface area contributed by atoms with Crippen LogP contribution >= 0.6 is 0 Å². The molecule has 1 saturated carbocycles. The summed E-state index contributed by atoms with van der Waals surface area (Å²) in [5.41, 5.74) is 6.61. The standard InChI is InChI=1S/C16H25N3O2/c1-3-19(15-6-4-5-12(15)11-17)16(20)18-13-7-9-14(21-2)10-8-13/h7-10,12,15H,3-6,11,17H2,1-2H3,(H,18,20). The zero-order chi connectivity index (χ0) is 15.2. The molecule has 0 heterocycles. The Morgan fingerprint density at radius 2 is 2.10 bits per heavy atom. The Morgan fingerprint density at radius 3 is 2.67 bits per heavy atom. The van der Waals surface area contributed by atoms with Crippen LogP contribution in [0, 0.1) is 5.92 Å². The lowest BCUT2D eigenvalue weighted by Gasteiger charge is -2.31. The maximum absolute atomic E-state index is 12.5. The monoisotopic (exact) mass is 291 g/mol. The molecule has 0 radical (unpaired) electrons. The van der Waals surface area contributed by atoms with Gasteiger partial charge in [-0.3, -0.25) is 0 Å². The van der Waals surface area contributed by atoms with E-state index in [1.807, 2.05) is 36.1 Å². The molecular formula is C16H25N3O2. The molecule has 1 fully saturated rings. The van der Waals surface area contributed by atoms with E-state index >= 15 is 0 Å². The van der Waals surface area contributed by atoms with E-state index in [9.17, 15) is 4.79 Å². The number of ether oxygens (including phenoxy) is 1. The Bertz CT molecular complexity index is 461. The Kier molecular flexibility index (Phi) is 5.44. The molecule has 0 bridgehead atoms. The highest BCUT2D eigenvalue weighted by Crippen LogP contribution is 2.29. The van der Waals surface area contributed by atoms with E-state index < -0.39 is 0 Å². The van der Waals surface area contributed by atoms with Gasteiger partial charge in [0, 0.05) is 18.3 Å². The van der Waals surface area contributed by atoms with E-state index in [4.69, 9.17) is 10.5 Å². The second kappa shape index (κ2) is 7.31. The first-order valence-corrected chi connectivity index (χ1v) is 7.61. The zero-order valence-electron chi connectivity index (χ0n) is 12.8. The summed E-state index contributed by atoms with van der Waals surface area (Å²) in [6.45, 7) is 3.36. The van der Waals surface area contributed by atoms with Gasteiger partial charge in [-0.2, -0.15) is 0 Å². The van der Waals surface area contributed by atoms with Gasteiger partial charge in [0.2, 0.25) is 0 Å². The number of carbonyl (C=O) groups excluding carboxylic acids is 1. The summed E-state index contributed by atoms with van der Waals surface area (Å²) in [5, 5.41) is 2.96. The van der Waals surface area contributed by atoms with Gasteiger partial charge in [0.25, 0.3) is 0 Å². The van der Waals surface area contributed by atoms with Crippen molar-refractivity contribution in [1.82, 2.24) is 4.90 Å². The minimum atomic E-state index is -0.0481. The van der Waals surface area contributed by atoms with E-state index in [-0.39, 0.29) is 12.1 Å². The van der Waals surface area contributed by atoms with Crippen LogP contribution in [0.1, 0.15) is 26.2 Å². The Hall–Kier alpha value is -1.75. The molecule has 116 valence electrons. The predicted octanol–water partition coefficient (Wildman–Crippen LogP) is 2.68. The first-order chi connectivity index (χ1) is 10.2. The van der Waals surface area contributed by atoms with Crippen molar-refractivity contribution < 1.29 is 9.53 Å². The molecule has 2 unspecified atom stereocenters. The van der Waals surface area contributed by atoms with Crippen molar-refractivity contribution in [2.75, 3.05) is 25.5 Å². The number of hydrogen-bond acceptors (Lipinski definition) is 3.